The van der Waals surface area contributed by atoms with Gasteiger partial charge in [-0.25, -0.2) is 8.42 Å². The molecular formula is C20H25NO4S. The van der Waals surface area contributed by atoms with E-state index in [9.17, 15) is 18.6 Å². The van der Waals surface area contributed by atoms with Crippen LogP contribution >= 0.6 is 0 Å². The molecule has 0 amide bonds. The molecule has 1 unspecified atom stereocenters. The van der Waals surface area contributed by atoms with Crippen LogP contribution in [0, 0.1) is 5.92 Å². The topological polar surface area (TPSA) is 86.6 Å². The van der Waals surface area contributed by atoms with Gasteiger partial charge in [0.2, 0.25) is 0 Å². The highest BCUT2D eigenvalue weighted by atomic mass is 32.2. The largest absolute Gasteiger partial charge is 0.508 e. The molecule has 3 rings (SSSR count). The van der Waals surface area contributed by atoms with Crippen LogP contribution in [-0.2, 0) is 16.3 Å². The van der Waals surface area contributed by atoms with E-state index in [1.807, 2.05) is 30.3 Å². The molecule has 2 aromatic carbocycles. The first-order valence-electron chi connectivity index (χ1n) is 8.92. The number of aliphatic hydroxyl groups is 1. The lowest BCUT2D eigenvalue weighted by atomic mass is 9.89. The van der Waals surface area contributed by atoms with Gasteiger partial charge in [0.15, 0.2) is 9.84 Å². The molecule has 0 bridgehead atoms. The van der Waals surface area contributed by atoms with Gasteiger partial charge in [-0.15, -0.1) is 0 Å². The van der Waals surface area contributed by atoms with Crippen LogP contribution in [-0.4, -0.2) is 43.1 Å². The van der Waals surface area contributed by atoms with Crippen LogP contribution in [0.15, 0.2) is 59.5 Å². The zero-order valence-corrected chi connectivity index (χ0v) is 15.4. The fourth-order valence-corrected chi connectivity index (χ4v) is 5.35. The zero-order valence-electron chi connectivity index (χ0n) is 14.6. The molecule has 0 saturated carbocycles. The van der Waals surface area contributed by atoms with E-state index in [0.29, 0.717) is 19.4 Å². The minimum absolute atomic E-state index is 0.0392. The maximum Gasteiger partial charge on any atom is 0.181 e. The molecule has 3 N–H and O–H groups in total. The number of hydrogen-bond acceptors (Lipinski definition) is 5. The second-order valence-corrected chi connectivity index (χ2v) is 9.13. The van der Waals surface area contributed by atoms with Crippen molar-refractivity contribution < 1.29 is 18.6 Å². The van der Waals surface area contributed by atoms with E-state index in [-0.39, 0.29) is 16.6 Å². The number of phenols is 1. The lowest BCUT2D eigenvalue weighted by Crippen LogP contribution is -2.42. The summed E-state index contributed by atoms with van der Waals surface area (Å²) < 4.78 is 26.5. The number of benzene rings is 2. The normalized spacial score (nSPS) is 22.0. The lowest BCUT2D eigenvalue weighted by Gasteiger charge is -2.31. The Kier molecular flexibility index (Phi) is 5.96. The van der Waals surface area contributed by atoms with Crippen LogP contribution in [0.1, 0.15) is 18.4 Å². The van der Waals surface area contributed by atoms with E-state index in [4.69, 9.17) is 0 Å². The maximum atomic E-state index is 13.2. The van der Waals surface area contributed by atoms with Gasteiger partial charge in [-0.05, 0) is 61.6 Å². The number of β-amino-alcohol motifs (C(OH)–C–C–N with tert-alkyl or cyclic N) is 1. The van der Waals surface area contributed by atoms with Gasteiger partial charge >= 0.3 is 0 Å². The summed E-state index contributed by atoms with van der Waals surface area (Å²) in [4.78, 5) is 0.208. The van der Waals surface area contributed by atoms with Crippen LogP contribution in [0.2, 0.25) is 0 Å². The summed E-state index contributed by atoms with van der Waals surface area (Å²) >= 11 is 0. The summed E-state index contributed by atoms with van der Waals surface area (Å²) in [5.41, 5.74) is 0.961. The number of piperidine rings is 1. The summed E-state index contributed by atoms with van der Waals surface area (Å²) in [6, 6.07) is 15.2. The van der Waals surface area contributed by atoms with Crippen LogP contribution in [0.25, 0.3) is 0 Å². The Morgan fingerprint density at radius 2 is 1.77 bits per heavy atom. The number of rotatable bonds is 6. The number of sulfone groups is 1. The molecule has 5 nitrogen and oxygen atoms in total. The van der Waals surface area contributed by atoms with Crippen molar-refractivity contribution in [1.29, 1.82) is 0 Å². The highest BCUT2D eigenvalue weighted by Gasteiger charge is 2.33. The average molecular weight is 375 g/mol. The van der Waals surface area contributed by atoms with E-state index in [0.717, 1.165) is 18.5 Å². The van der Waals surface area contributed by atoms with Crippen LogP contribution in [0.5, 0.6) is 5.75 Å². The van der Waals surface area contributed by atoms with E-state index >= 15 is 0 Å². The van der Waals surface area contributed by atoms with Gasteiger partial charge in [-0.3, -0.25) is 0 Å². The quantitative estimate of drug-likeness (QED) is 0.720. The highest BCUT2D eigenvalue weighted by molar-refractivity contribution is 7.92. The summed E-state index contributed by atoms with van der Waals surface area (Å²) in [6.07, 6.45) is 1.05. The molecular weight excluding hydrogens is 350 g/mol. The van der Waals surface area contributed by atoms with Crippen molar-refractivity contribution in [3.8, 4) is 5.75 Å². The molecule has 26 heavy (non-hydrogen) atoms. The Bertz CT molecular complexity index is 805. The number of nitrogens with one attached hydrogen (secondary N) is 1. The van der Waals surface area contributed by atoms with Crippen molar-refractivity contribution in [1.82, 2.24) is 5.32 Å². The minimum Gasteiger partial charge on any atom is -0.508 e. The molecule has 1 aliphatic heterocycles. The van der Waals surface area contributed by atoms with E-state index in [1.165, 1.54) is 24.3 Å². The third-order valence-corrected chi connectivity index (χ3v) is 7.23. The van der Waals surface area contributed by atoms with Gasteiger partial charge in [-0.1, -0.05) is 30.3 Å². The lowest BCUT2D eigenvalue weighted by molar-refractivity contribution is 0.0766. The molecule has 6 heteroatoms. The molecule has 2 aromatic rings. The fraction of sp³-hybridized carbons (Fsp3) is 0.400. The van der Waals surface area contributed by atoms with E-state index in [1.54, 1.807) is 0 Å². The third-order valence-electron chi connectivity index (χ3n) is 5.07. The number of phenolic OH excluding ortho intramolecular Hbond substituents is 1. The first-order chi connectivity index (χ1) is 12.5. The third kappa shape index (κ3) is 4.44. The molecule has 0 aliphatic carbocycles. The van der Waals surface area contributed by atoms with Crippen molar-refractivity contribution in [2.45, 2.75) is 35.5 Å². The molecule has 140 valence electrons. The SMILES string of the molecule is O=S(=O)(c1ccc(O)cc1)C(Cc1ccccc1)C[C@@H]1CCNC[C@H]1O. The Morgan fingerprint density at radius 1 is 1.08 bits per heavy atom. The Balaban J connectivity index is 1.89. The molecule has 1 saturated heterocycles. The minimum atomic E-state index is -3.58. The molecule has 1 heterocycles. The summed E-state index contributed by atoms with van der Waals surface area (Å²) in [5.74, 6) is -0.00538. The van der Waals surface area contributed by atoms with Gasteiger partial charge < -0.3 is 15.5 Å². The summed E-state index contributed by atoms with van der Waals surface area (Å²) in [7, 11) is -3.58. The Hall–Kier alpha value is -1.89. The van der Waals surface area contributed by atoms with Gasteiger partial charge in [0.05, 0.1) is 16.2 Å². The van der Waals surface area contributed by atoms with Crippen molar-refractivity contribution in [3.63, 3.8) is 0 Å². The number of aromatic hydroxyl groups is 1. The second-order valence-electron chi connectivity index (χ2n) is 6.91. The van der Waals surface area contributed by atoms with Crippen molar-refractivity contribution in [2.24, 2.45) is 5.92 Å². The molecule has 3 atom stereocenters. The molecule has 0 radical (unpaired) electrons. The summed E-state index contributed by atoms with van der Waals surface area (Å²) in [5, 5.41) is 22.2. The maximum absolute atomic E-state index is 13.2. The zero-order chi connectivity index (χ0) is 18.6. The summed E-state index contributed by atoms with van der Waals surface area (Å²) in [6.45, 7) is 1.29. The molecule has 1 aliphatic rings. The van der Waals surface area contributed by atoms with Gasteiger partial charge in [0.1, 0.15) is 5.75 Å². The average Bonchev–Trinajstić information content (AvgIpc) is 2.64. The molecule has 0 aromatic heterocycles. The predicted molar refractivity (Wildman–Crippen MR) is 101 cm³/mol. The van der Waals surface area contributed by atoms with Crippen LogP contribution in [0.3, 0.4) is 0 Å². The van der Waals surface area contributed by atoms with Crippen molar-refractivity contribution in [2.75, 3.05) is 13.1 Å². The number of hydrogen-bond donors (Lipinski definition) is 3. The first kappa shape index (κ1) is 18.9. The van der Waals surface area contributed by atoms with Gasteiger partial charge in [-0.2, -0.15) is 0 Å². The fourth-order valence-electron chi connectivity index (χ4n) is 3.53. The Labute approximate surface area is 154 Å². The molecule has 0 spiro atoms. The van der Waals surface area contributed by atoms with Crippen molar-refractivity contribution >= 4 is 9.84 Å². The van der Waals surface area contributed by atoms with Gasteiger partial charge in [0, 0.05) is 6.54 Å². The van der Waals surface area contributed by atoms with Crippen molar-refractivity contribution in [3.05, 3.63) is 60.2 Å². The standard InChI is InChI=1S/C20H25NO4S/c22-17-6-8-18(9-7-17)26(24,25)19(12-15-4-2-1-3-5-15)13-16-10-11-21-14-20(16)23/h1-9,16,19-23H,10-14H2/t16-,19?,20+/m0/s1. The van der Waals surface area contributed by atoms with Crippen LogP contribution in [0.4, 0.5) is 0 Å². The molecule has 1 fully saturated rings. The van der Waals surface area contributed by atoms with E-state index < -0.39 is 21.2 Å². The smallest absolute Gasteiger partial charge is 0.181 e. The second kappa shape index (κ2) is 8.20. The van der Waals surface area contributed by atoms with E-state index in [2.05, 4.69) is 5.32 Å². The highest BCUT2D eigenvalue weighted by Crippen LogP contribution is 2.29. The van der Waals surface area contributed by atoms with Crippen LogP contribution < -0.4 is 5.32 Å². The predicted octanol–water partition coefficient (Wildman–Crippen LogP) is 2.14. The number of aliphatic hydroxyl groups excluding tert-OH is 1. The monoisotopic (exact) mass is 375 g/mol. The Morgan fingerprint density at radius 3 is 2.42 bits per heavy atom. The first-order valence-corrected chi connectivity index (χ1v) is 10.5. The van der Waals surface area contributed by atoms with Gasteiger partial charge in [0.25, 0.3) is 0 Å².